The second-order valence-electron chi connectivity index (χ2n) is 6.06. The SMILES string of the molecule is CCCC[C@@](C#N)(/C=C/c1ccccc1)O[Si](C)(C)C. The Kier molecular flexibility index (Phi) is 6.19. The second kappa shape index (κ2) is 7.42. The second-order valence-corrected chi connectivity index (χ2v) is 10.5. The third kappa shape index (κ3) is 5.73. The van der Waals surface area contributed by atoms with Gasteiger partial charge in [0.1, 0.15) is 6.07 Å². The molecule has 3 heteroatoms. The van der Waals surface area contributed by atoms with Crippen LogP contribution in [0, 0.1) is 11.3 Å². The molecule has 0 spiro atoms. The van der Waals surface area contributed by atoms with Crippen LogP contribution in [0.25, 0.3) is 6.08 Å². The molecule has 0 unspecified atom stereocenters. The first-order valence-electron chi connectivity index (χ1n) is 7.26. The van der Waals surface area contributed by atoms with Crippen LogP contribution in [0.15, 0.2) is 36.4 Å². The summed E-state index contributed by atoms with van der Waals surface area (Å²) in [4.78, 5) is 0. The van der Waals surface area contributed by atoms with Crippen molar-refractivity contribution in [2.75, 3.05) is 0 Å². The van der Waals surface area contributed by atoms with Crippen LogP contribution in [-0.4, -0.2) is 13.9 Å². The molecule has 0 fully saturated rings. The van der Waals surface area contributed by atoms with Crippen molar-refractivity contribution < 1.29 is 4.43 Å². The van der Waals surface area contributed by atoms with Crippen molar-refractivity contribution in [2.45, 2.75) is 51.4 Å². The maximum atomic E-state index is 9.64. The largest absolute Gasteiger partial charge is 0.397 e. The fourth-order valence-corrected chi connectivity index (χ4v) is 3.37. The molecule has 0 aliphatic rings. The summed E-state index contributed by atoms with van der Waals surface area (Å²) in [7, 11) is -1.78. The lowest BCUT2D eigenvalue weighted by Crippen LogP contribution is -2.40. The number of hydrogen-bond acceptors (Lipinski definition) is 2. The van der Waals surface area contributed by atoms with Crippen molar-refractivity contribution in [1.29, 1.82) is 5.26 Å². The summed E-state index contributed by atoms with van der Waals surface area (Å²) in [5.74, 6) is 0. The number of hydrogen-bond donors (Lipinski definition) is 0. The third-order valence-corrected chi connectivity index (χ3v) is 3.90. The van der Waals surface area contributed by atoms with Gasteiger partial charge in [-0.2, -0.15) is 5.26 Å². The van der Waals surface area contributed by atoms with Gasteiger partial charge < -0.3 is 4.43 Å². The minimum atomic E-state index is -1.78. The molecule has 0 aliphatic heterocycles. The van der Waals surface area contributed by atoms with Gasteiger partial charge in [0.15, 0.2) is 13.9 Å². The Morgan fingerprint density at radius 2 is 1.90 bits per heavy atom. The molecule has 1 aromatic carbocycles. The number of nitrogens with zero attached hydrogens (tertiary/aromatic N) is 1. The number of benzene rings is 1. The van der Waals surface area contributed by atoms with Gasteiger partial charge in [0.2, 0.25) is 0 Å². The average molecular weight is 287 g/mol. The zero-order valence-electron chi connectivity index (χ0n) is 13.0. The Hall–Kier alpha value is -1.37. The molecular weight excluding hydrogens is 262 g/mol. The molecule has 0 aromatic heterocycles. The highest BCUT2D eigenvalue weighted by molar-refractivity contribution is 6.69. The lowest BCUT2D eigenvalue weighted by molar-refractivity contribution is 0.158. The zero-order chi connectivity index (χ0) is 15.1. The molecule has 1 aromatic rings. The van der Waals surface area contributed by atoms with Crippen LogP contribution in [0.4, 0.5) is 0 Å². The Morgan fingerprint density at radius 3 is 2.40 bits per heavy atom. The average Bonchev–Trinajstić information content (AvgIpc) is 2.42. The van der Waals surface area contributed by atoms with E-state index in [1.165, 1.54) is 0 Å². The third-order valence-electron chi connectivity index (χ3n) is 2.92. The summed E-state index contributed by atoms with van der Waals surface area (Å²) in [6.07, 6.45) is 6.76. The van der Waals surface area contributed by atoms with E-state index in [1.54, 1.807) is 0 Å². The Balaban J connectivity index is 2.97. The molecule has 0 heterocycles. The van der Waals surface area contributed by atoms with E-state index < -0.39 is 13.9 Å². The lowest BCUT2D eigenvalue weighted by atomic mass is 9.97. The van der Waals surface area contributed by atoms with E-state index in [9.17, 15) is 5.26 Å². The van der Waals surface area contributed by atoms with E-state index in [2.05, 4.69) is 32.6 Å². The van der Waals surface area contributed by atoms with E-state index in [0.29, 0.717) is 0 Å². The predicted octanol–water partition coefficient (Wildman–Crippen LogP) is 5.00. The molecule has 0 N–H and O–H groups in total. The van der Waals surface area contributed by atoms with Crippen LogP contribution in [0.5, 0.6) is 0 Å². The molecule has 0 saturated heterocycles. The van der Waals surface area contributed by atoms with Gasteiger partial charge in [0.25, 0.3) is 0 Å². The van der Waals surface area contributed by atoms with E-state index in [0.717, 1.165) is 24.8 Å². The zero-order valence-corrected chi connectivity index (χ0v) is 14.0. The van der Waals surface area contributed by atoms with Crippen LogP contribution in [-0.2, 0) is 4.43 Å². The first kappa shape index (κ1) is 16.7. The summed E-state index contributed by atoms with van der Waals surface area (Å²) in [5, 5.41) is 9.64. The molecule has 0 aliphatic carbocycles. The monoisotopic (exact) mass is 287 g/mol. The summed E-state index contributed by atoms with van der Waals surface area (Å²) in [5.41, 5.74) is 0.318. The van der Waals surface area contributed by atoms with Crippen molar-refractivity contribution in [3.8, 4) is 6.07 Å². The van der Waals surface area contributed by atoms with Crippen LogP contribution in [0.3, 0.4) is 0 Å². The van der Waals surface area contributed by atoms with Gasteiger partial charge in [0.05, 0.1) is 0 Å². The highest BCUT2D eigenvalue weighted by Gasteiger charge is 2.33. The summed E-state index contributed by atoms with van der Waals surface area (Å²) < 4.78 is 6.19. The quantitative estimate of drug-likeness (QED) is 0.661. The van der Waals surface area contributed by atoms with Crippen LogP contribution < -0.4 is 0 Å². The normalized spacial score (nSPS) is 14.9. The molecule has 1 rings (SSSR count). The molecule has 0 amide bonds. The Morgan fingerprint density at radius 1 is 1.25 bits per heavy atom. The van der Waals surface area contributed by atoms with Gasteiger partial charge in [-0.1, -0.05) is 49.8 Å². The van der Waals surface area contributed by atoms with Gasteiger partial charge >= 0.3 is 0 Å². The van der Waals surface area contributed by atoms with Gasteiger partial charge in [-0.3, -0.25) is 0 Å². The van der Waals surface area contributed by atoms with Gasteiger partial charge in [-0.15, -0.1) is 0 Å². The smallest absolute Gasteiger partial charge is 0.186 e. The fourth-order valence-electron chi connectivity index (χ4n) is 2.07. The summed E-state index contributed by atoms with van der Waals surface area (Å²) in [6, 6.07) is 12.5. The van der Waals surface area contributed by atoms with Crippen LogP contribution in [0.2, 0.25) is 19.6 Å². The molecule has 0 radical (unpaired) electrons. The molecule has 20 heavy (non-hydrogen) atoms. The minimum absolute atomic E-state index is 0.758. The molecule has 0 saturated carbocycles. The van der Waals surface area contributed by atoms with Crippen molar-refractivity contribution in [3.63, 3.8) is 0 Å². The predicted molar refractivity (Wildman–Crippen MR) is 87.8 cm³/mol. The topological polar surface area (TPSA) is 33.0 Å². The number of unbranched alkanes of at least 4 members (excludes halogenated alkanes) is 1. The lowest BCUT2D eigenvalue weighted by Gasteiger charge is -2.31. The van der Waals surface area contributed by atoms with Gasteiger partial charge in [-0.05, 0) is 44.1 Å². The van der Waals surface area contributed by atoms with E-state index in [4.69, 9.17) is 4.43 Å². The van der Waals surface area contributed by atoms with Crippen molar-refractivity contribution >= 4 is 14.4 Å². The standard InChI is InChI=1S/C17H25NOSi/c1-5-6-13-17(15-18,19-20(2,3)4)14-12-16-10-8-7-9-11-16/h7-12,14H,5-6,13H2,1-4H3/b14-12+/t17-/m0/s1. The van der Waals surface area contributed by atoms with Crippen molar-refractivity contribution in [3.05, 3.63) is 42.0 Å². The highest BCUT2D eigenvalue weighted by Crippen LogP contribution is 2.26. The number of rotatable bonds is 7. The van der Waals surface area contributed by atoms with Crippen LogP contribution in [0.1, 0.15) is 31.7 Å². The minimum Gasteiger partial charge on any atom is -0.397 e. The first-order valence-corrected chi connectivity index (χ1v) is 10.7. The van der Waals surface area contributed by atoms with Gasteiger partial charge in [-0.25, -0.2) is 0 Å². The highest BCUT2D eigenvalue weighted by atomic mass is 28.4. The Bertz CT molecular complexity index is 470. The van der Waals surface area contributed by atoms with Gasteiger partial charge in [0, 0.05) is 0 Å². The first-order chi connectivity index (χ1) is 9.41. The fraction of sp³-hybridized carbons (Fsp3) is 0.471. The summed E-state index contributed by atoms with van der Waals surface area (Å²) >= 11 is 0. The Labute approximate surface area is 124 Å². The van der Waals surface area contributed by atoms with E-state index in [1.807, 2.05) is 42.5 Å². The summed E-state index contributed by atoms with van der Waals surface area (Å²) in [6.45, 7) is 8.52. The van der Waals surface area contributed by atoms with Crippen molar-refractivity contribution in [2.24, 2.45) is 0 Å². The van der Waals surface area contributed by atoms with E-state index >= 15 is 0 Å². The molecule has 1 atom stereocenters. The van der Waals surface area contributed by atoms with Crippen LogP contribution >= 0.6 is 0 Å². The van der Waals surface area contributed by atoms with Crippen molar-refractivity contribution in [1.82, 2.24) is 0 Å². The molecule has 2 nitrogen and oxygen atoms in total. The maximum Gasteiger partial charge on any atom is 0.186 e. The molecular formula is C17H25NOSi. The maximum absolute atomic E-state index is 9.64. The number of nitriles is 1. The molecule has 0 bridgehead atoms. The van der Waals surface area contributed by atoms with E-state index in [-0.39, 0.29) is 0 Å². The molecule has 108 valence electrons.